The number of para-hydroxylation sites is 1. The molecule has 3 aromatic heterocycles. The standard InChI is InChI=1S/C29H19N3O3/c1-16-32-25-27(34-16)29(17-7-3-2-4-8-17)15-33-26-19(10-5-11-21(26)29)18-9-6-12-22-24(18)20(13-30-22)23-14-31-28(25)35-23/h2-14,30H,15H2,1H3/t29-/m0/s1. The Morgan fingerprint density at radius 1 is 0.886 bits per heavy atom. The summed E-state index contributed by atoms with van der Waals surface area (Å²) in [4.78, 5) is 12.8. The third-order valence-corrected chi connectivity index (χ3v) is 7.27. The van der Waals surface area contributed by atoms with Crippen LogP contribution in [0.15, 0.2) is 88.0 Å². The number of benzene rings is 3. The SMILES string of the molecule is Cc1nc2c(o1)[C@]1(c3ccccc3)COc3c(cccc31)-c1cccc3[nH]cc(c13)-c1cnc-2o1. The van der Waals surface area contributed by atoms with Crippen LogP contribution >= 0.6 is 0 Å². The van der Waals surface area contributed by atoms with Crippen molar-refractivity contribution in [2.24, 2.45) is 0 Å². The zero-order valence-electron chi connectivity index (χ0n) is 18.8. The van der Waals surface area contributed by atoms with Gasteiger partial charge >= 0.3 is 0 Å². The zero-order valence-corrected chi connectivity index (χ0v) is 18.8. The first-order chi connectivity index (χ1) is 17.2. The van der Waals surface area contributed by atoms with Gasteiger partial charge < -0.3 is 18.6 Å². The molecular weight excluding hydrogens is 438 g/mol. The summed E-state index contributed by atoms with van der Waals surface area (Å²) in [6.07, 6.45) is 3.74. The molecule has 2 aliphatic rings. The second-order valence-electron chi connectivity index (χ2n) is 9.11. The number of aryl methyl sites for hydroxylation is 1. The van der Waals surface area contributed by atoms with E-state index in [1.165, 1.54) is 0 Å². The first kappa shape index (κ1) is 18.8. The van der Waals surface area contributed by atoms with E-state index in [0.717, 1.165) is 44.5 Å². The van der Waals surface area contributed by atoms with Crippen molar-refractivity contribution in [1.29, 1.82) is 0 Å². The molecule has 6 heteroatoms. The van der Waals surface area contributed by atoms with Gasteiger partial charge in [0.25, 0.3) is 0 Å². The molecule has 6 aromatic rings. The smallest absolute Gasteiger partial charge is 0.249 e. The molecule has 0 unspecified atom stereocenters. The third-order valence-electron chi connectivity index (χ3n) is 7.27. The van der Waals surface area contributed by atoms with Gasteiger partial charge in [-0.05, 0) is 17.2 Å². The van der Waals surface area contributed by atoms with Gasteiger partial charge in [0.2, 0.25) is 5.89 Å². The van der Waals surface area contributed by atoms with Gasteiger partial charge in [-0.3, -0.25) is 0 Å². The second-order valence-corrected chi connectivity index (χ2v) is 9.11. The van der Waals surface area contributed by atoms with Crippen LogP contribution in [0, 0.1) is 6.92 Å². The van der Waals surface area contributed by atoms with Crippen LogP contribution in [-0.2, 0) is 5.41 Å². The molecule has 35 heavy (non-hydrogen) atoms. The topological polar surface area (TPSA) is 77.1 Å². The minimum Gasteiger partial charge on any atom is -0.491 e. The third kappa shape index (κ3) is 2.33. The minimum atomic E-state index is -0.702. The first-order valence-electron chi connectivity index (χ1n) is 11.6. The largest absolute Gasteiger partial charge is 0.491 e. The highest BCUT2D eigenvalue weighted by molar-refractivity contribution is 6.06. The highest BCUT2D eigenvalue weighted by Crippen LogP contribution is 2.54. The lowest BCUT2D eigenvalue weighted by Gasteiger charge is -2.27. The van der Waals surface area contributed by atoms with Crippen molar-refractivity contribution in [3.63, 3.8) is 0 Å². The Morgan fingerprint density at radius 3 is 2.66 bits per heavy atom. The predicted molar refractivity (Wildman–Crippen MR) is 131 cm³/mol. The summed E-state index contributed by atoms with van der Waals surface area (Å²) in [7, 11) is 0. The Balaban J connectivity index is 1.59. The number of oxazole rings is 2. The number of hydrogen-bond acceptors (Lipinski definition) is 5. The molecule has 0 aliphatic carbocycles. The number of nitrogens with zero attached hydrogens (tertiary/aromatic N) is 2. The lowest BCUT2D eigenvalue weighted by atomic mass is 9.73. The summed E-state index contributed by atoms with van der Waals surface area (Å²) in [5, 5.41) is 1.07. The molecule has 0 saturated heterocycles. The van der Waals surface area contributed by atoms with E-state index in [4.69, 9.17) is 18.6 Å². The summed E-state index contributed by atoms with van der Waals surface area (Å²) in [5.41, 5.74) is 6.08. The molecule has 1 atom stereocenters. The number of hydrogen-bond donors (Lipinski definition) is 1. The van der Waals surface area contributed by atoms with E-state index in [1.807, 2.05) is 31.3 Å². The maximum atomic E-state index is 6.59. The number of nitrogens with one attached hydrogen (secondary N) is 1. The predicted octanol–water partition coefficient (Wildman–Crippen LogP) is 6.49. The van der Waals surface area contributed by atoms with Crippen LogP contribution in [-0.4, -0.2) is 21.6 Å². The molecule has 0 radical (unpaired) electrons. The van der Waals surface area contributed by atoms with Crippen molar-refractivity contribution in [3.05, 3.63) is 102 Å². The molecule has 0 amide bonds. The normalized spacial score (nSPS) is 17.5. The summed E-state index contributed by atoms with van der Waals surface area (Å²) in [6, 6.07) is 23.0. The van der Waals surface area contributed by atoms with Crippen LogP contribution in [0.2, 0.25) is 0 Å². The summed E-state index contributed by atoms with van der Waals surface area (Å²) in [6.45, 7) is 2.24. The number of aromatic nitrogens is 3. The molecule has 168 valence electrons. The number of fused-ring (bicyclic) bond motifs is 7. The zero-order chi connectivity index (χ0) is 23.1. The molecule has 8 rings (SSSR count). The van der Waals surface area contributed by atoms with Crippen LogP contribution in [0.4, 0.5) is 0 Å². The van der Waals surface area contributed by atoms with Gasteiger partial charge in [-0.15, -0.1) is 0 Å². The molecule has 2 aliphatic heterocycles. The van der Waals surface area contributed by atoms with E-state index in [2.05, 4.69) is 58.5 Å². The monoisotopic (exact) mass is 457 g/mol. The molecule has 0 fully saturated rings. The summed E-state index contributed by atoms with van der Waals surface area (Å²) in [5.74, 6) is 3.20. The fraction of sp³-hybridized carbons (Fsp3) is 0.103. The Hall–Kier alpha value is -4.58. The number of aromatic amines is 1. The van der Waals surface area contributed by atoms with Gasteiger partial charge in [0.05, 0.1) is 6.20 Å². The molecule has 0 spiro atoms. The van der Waals surface area contributed by atoms with E-state index < -0.39 is 5.41 Å². The quantitative estimate of drug-likeness (QED) is 0.305. The lowest BCUT2D eigenvalue weighted by Crippen LogP contribution is -2.31. The number of ether oxygens (including phenoxy) is 1. The van der Waals surface area contributed by atoms with Crippen molar-refractivity contribution in [3.8, 4) is 39.8 Å². The van der Waals surface area contributed by atoms with Crippen LogP contribution in [0.1, 0.15) is 22.8 Å². The average Bonchev–Trinajstić information content (AvgIpc) is 3.67. The number of rotatable bonds is 1. The highest BCUT2D eigenvalue weighted by Gasteiger charge is 2.50. The van der Waals surface area contributed by atoms with Gasteiger partial charge in [-0.25, -0.2) is 9.97 Å². The maximum Gasteiger partial charge on any atom is 0.249 e. The van der Waals surface area contributed by atoms with Crippen molar-refractivity contribution < 1.29 is 13.6 Å². The van der Waals surface area contributed by atoms with Crippen LogP contribution in [0.3, 0.4) is 0 Å². The van der Waals surface area contributed by atoms with Crippen molar-refractivity contribution in [2.75, 3.05) is 6.61 Å². The van der Waals surface area contributed by atoms with E-state index in [-0.39, 0.29) is 0 Å². The Kier molecular flexibility index (Phi) is 3.50. The fourth-order valence-corrected chi connectivity index (χ4v) is 5.75. The van der Waals surface area contributed by atoms with Gasteiger partial charge in [-0.1, -0.05) is 60.7 Å². The van der Waals surface area contributed by atoms with Crippen LogP contribution in [0.25, 0.3) is 44.9 Å². The van der Waals surface area contributed by atoms with Crippen LogP contribution in [0.5, 0.6) is 5.75 Å². The van der Waals surface area contributed by atoms with Crippen molar-refractivity contribution in [1.82, 2.24) is 15.0 Å². The van der Waals surface area contributed by atoms with Crippen LogP contribution < -0.4 is 4.74 Å². The fourth-order valence-electron chi connectivity index (χ4n) is 5.75. The maximum absolute atomic E-state index is 6.59. The van der Waals surface area contributed by atoms with Crippen molar-refractivity contribution >= 4 is 10.9 Å². The van der Waals surface area contributed by atoms with Gasteiger partial charge in [0.15, 0.2) is 23.1 Å². The molecule has 0 saturated carbocycles. The lowest BCUT2D eigenvalue weighted by molar-refractivity contribution is 0.289. The van der Waals surface area contributed by atoms with E-state index in [1.54, 1.807) is 6.20 Å². The second kappa shape index (κ2) is 6.51. The number of H-pyrrole nitrogens is 1. The average molecular weight is 457 g/mol. The molecule has 5 heterocycles. The minimum absolute atomic E-state index is 0.383. The van der Waals surface area contributed by atoms with E-state index in [9.17, 15) is 0 Å². The molecule has 1 N–H and O–H groups in total. The van der Waals surface area contributed by atoms with Crippen molar-refractivity contribution in [2.45, 2.75) is 12.3 Å². The van der Waals surface area contributed by atoms with Gasteiger partial charge in [0.1, 0.15) is 17.8 Å². The molecule has 6 bridgehead atoms. The summed E-state index contributed by atoms with van der Waals surface area (Å²) < 4.78 is 19.3. The molecule has 3 aromatic carbocycles. The van der Waals surface area contributed by atoms with Gasteiger partial charge in [-0.2, -0.15) is 0 Å². The van der Waals surface area contributed by atoms with Gasteiger partial charge in [0, 0.05) is 40.7 Å². The highest BCUT2D eigenvalue weighted by atomic mass is 16.5. The Labute approximate surface area is 200 Å². The molecule has 6 nitrogen and oxygen atoms in total. The van der Waals surface area contributed by atoms with E-state index >= 15 is 0 Å². The first-order valence-corrected chi connectivity index (χ1v) is 11.6. The Morgan fingerprint density at radius 2 is 1.74 bits per heavy atom. The molecular formula is C29H19N3O3. The summed E-state index contributed by atoms with van der Waals surface area (Å²) >= 11 is 0. The van der Waals surface area contributed by atoms with E-state index in [0.29, 0.717) is 35.6 Å². The Bertz CT molecular complexity index is 1780.